The largest absolute Gasteiger partial charge is 0.373 e. The lowest BCUT2D eigenvalue weighted by molar-refractivity contribution is 0.199. The molecule has 0 aliphatic carbocycles. The average molecular weight is 324 g/mol. The first-order chi connectivity index (χ1) is 11.2. The van der Waals surface area contributed by atoms with Crippen molar-refractivity contribution in [2.45, 2.75) is 32.4 Å². The number of rotatable bonds is 4. The summed E-state index contributed by atoms with van der Waals surface area (Å²) in [5.41, 5.74) is 3.78. The van der Waals surface area contributed by atoms with Crippen molar-refractivity contribution < 1.29 is 0 Å². The van der Waals surface area contributed by atoms with Crippen LogP contribution in [0.25, 0.3) is 0 Å². The van der Waals surface area contributed by atoms with Gasteiger partial charge in [0.25, 0.3) is 0 Å². The molecule has 3 rings (SSSR count). The standard InChI is InChI=1S/C20H24N2S/c1-16-6-5-9-18(14-16)20(23)21-19-10-12-22(13-11-19)15-17-7-3-2-4-8-17/h2-9,14,19H,10-13,15H2,1H3,(H,21,23). The highest BCUT2D eigenvalue weighted by atomic mass is 32.1. The van der Waals surface area contributed by atoms with Crippen molar-refractivity contribution >= 4 is 17.2 Å². The van der Waals surface area contributed by atoms with Gasteiger partial charge in [-0.25, -0.2) is 0 Å². The summed E-state index contributed by atoms with van der Waals surface area (Å²) in [5, 5.41) is 3.55. The van der Waals surface area contributed by atoms with E-state index < -0.39 is 0 Å². The third kappa shape index (κ3) is 4.63. The highest BCUT2D eigenvalue weighted by Gasteiger charge is 2.20. The number of nitrogens with one attached hydrogen (secondary N) is 1. The van der Waals surface area contributed by atoms with Crippen molar-refractivity contribution in [1.82, 2.24) is 10.2 Å². The van der Waals surface area contributed by atoms with E-state index in [2.05, 4.69) is 71.7 Å². The second-order valence-electron chi connectivity index (χ2n) is 6.38. The first-order valence-electron chi connectivity index (χ1n) is 8.34. The summed E-state index contributed by atoms with van der Waals surface area (Å²) in [4.78, 5) is 3.42. The van der Waals surface area contributed by atoms with Gasteiger partial charge in [-0.3, -0.25) is 4.90 Å². The molecule has 0 atom stereocenters. The summed E-state index contributed by atoms with van der Waals surface area (Å²) >= 11 is 5.57. The molecule has 1 aliphatic heterocycles. The Morgan fingerprint density at radius 1 is 1.09 bits per heavy atom. The van der Waals surface area contributed by atoms with Gasteiger partial charge in [0.05, 0.1) is 0 Å². The Morgan fingerprint density at radius 3 is 2.52 bits per heavy atom. The Bertz CT molecular complexity index is 646. The Morgan fingerprint density at radius 2 is 1.83 bits per heavy atom. The van der Waals surface area contributed by atoms with Crippen LogP contribution in [0.5, 0.6) is 0 Å². The van der Waals surface area contributed by atoms with Crippen LogP contribution in [0.1, 0.15) is 29.5 Å². The number of hydrogen-bond acceptors (Lipinski definition) is 2. The monoisotopic (exact) mass is 324 g/mol. The number of aryl methyl sites for hydroxylation is 1. The number of thiocarbonyl (C=S) groups is 1. The highest BCUT2D eigenvalue weighted by Crippen LogP contribution is 2.15. The lowest BCUT2D eigenvalue weighted by Crippen LogP contribution is -2.44. The third-order valence-corrected chi connectivity index (χ3v) is 4.81. The van der Waals surface area contributed by atoms with Crippen LogP contribution in [-0.2, 0) is 6.54 Å². The van der Waals surface area contributed by atoms with Gasteiger partial charge in [0.1, 0.15) is 4.99 Å². The highest BCUT2D eigenvalue weighted by molar-refractivity contribution is 7.80. The zero-order valence-electron chi connectivity index (χ0n) is 13.7. The fourth-order valence-corrected chi connectivity index (χ4v) is 3.43. The van der Waals surface area contributed by atoms with E-state index in [0.717, 1.165) is 43.0 Å². The van der Waals surface area contributed by atoms with Gasteiger partial charge in [0.2, 0.25) is 0 Å². The van der Waals surface area contributed by atoms with Crippen molar-refractivity contribution in [3.8, 4) is 0 Å². The quantitative estimate of drug-likeness (QED) is 0.858. The number of nitrogens with zero attached hydrogens (tertiary/aromatic N) is 1. The van der Waals surface area contributed by atoms with Crippen molar-refractivity contribution in [3.63, 3.8) is 0 Å². The first-order valence-corrected chi connectivity index (χ1v) is 8.75. The summed E-state index contributed by atoms with van der Waals surface area (Å²) < 4.78 is 0. The van der Waals surface area contributed by atoms with E-state index in [1.165, 1.54) is 11.1 Å². The van der Waals surface area contributed by atoms with Crippen molar-refractivity contribution in [1.29, 1.82) is 0 Å². The molecule has 120 valence electrons. The summed E-state index contributed by atoms with van der Waals surface area (Å²) in [6, 6.07) is 19.6. The van der Waals surface area contributed by atoms with E-state index in [1.54, 1.807) is 0 Å². The molecule has 1 heterocycles. The summed E-state index contributed by atoms with van der Waals surface area (Å²) in [6.45, 7) is 5.41. The van der Waals surface area contributed by atoms with Gasteiger partial charge >= 0.3 is 0 Å². The smallest absolute Gasteiger partial charge is 0.106 e. The Labute approximate surface area is 144 Å². The molecule has 0 spiro atoms. The van der Waals surface area contributed by atoms with Gasteiger partial charge in [0, 0.05) is 31.2 Å². The fraction of sp³-hybridized carbons (Fsp3) is 0.350. The zero-order chi connectivity index (χ0) is 16.1. The van der Waals surface area contributed by atoms with Crippen molar-refractivity contribution in [2.75, 3.05) is 13.1 Å². The van der Waals surface area contributed by atoms with Gasteiger partial charge in [-0.2, -0.15) is 0 Å². The number of likely N-dealkylation sites (tertiary alicyclic amines) is 1. The van der Waals surface area contributed by atoms with Gasteiger partial charge < -0.3 is 5.32 Å². The van der Waals surface area contributed by atoms with E-state index in [4.69, 9.17) is 12.2 Å². The second kappa shape index (κ2) is 7.71. The lowest BCUT2D eigenvalue weighted by Gasteiger charge is -2.33. The van der Waals surface area contributed by atoms with Gasteiger partial charge in [0.15, 0.2) is 0 Å². The fourth-order valence-electron chi connectivity index (χ4n) is 3.13. The van der Waals surface area contributed by atoms with Crippen LogP contribution in [0.4, 0.5) is 0 Å². The van der Waals surface area contributed by atoms with Crippen molar-refractivity contribution in [2.24, 2.45) is 0 Å². The lowest BCUT2D eigenvalue weighted by atomic mass is 10.0. The van der Waals surface area contributed by atoms with Gasteiger partial charge in [-0.1, -0.05) is 66.3 Å². The average Bonchev–Trinajstić information content (AvgIpc) is 2.57. The molecule has 23 heavy (non-hydrogen) atoms. The minimum absolute atomic E-state index is 0.495. The van der Waals surface area contributed by atoms with Crippen LogP contribution in [0.15, 0.2) is 54.6 Å². The Kier molecular flexibility index (Phi) is 5.42. The van der Waals surface area contributed by atoms with Crippen LogP contribution < -0.4 is 5.32 Å². The summed E-state index contributed by atoms with van der Waals surface area (Å²) in [7, 11) is 0. The normalized spacial score (nSPS) is 16.2. The molecule has 0 radical (unpaired) electrons. The van der Waals surface area contributed by atoms with E-state index in [0.29, 0.717) is 6.04 Å². The minimum Gasteiger partial charge on any atom is -0.373 e. The van der Waals surface area contributed by atoms with Crippen LogP contribution in [0.2, 0.25) is 0 Å². The molecule has 3 heteroatoms. The number of hydrogen-bond donors (Lipinski definition) is 1. The summed E-state index contributed by atoms with van der Waals surface area (Å²) in [6.07, 6.45) is 2.30. The molecular formula is C20H24N2S. The zero-order valence-corrected chi connectivity index (χ0v) is 14.5. The molecular weight excluding hydrogens is 300 g/mol. The predicted molar refractivity (Wildman–Crippen MR) is 101 cm³/mol. The Hall–Kier alpha value is -1.71. The molecule has 2 aromatic carbocycles. The molecule has 1 fully saturated rings. The first kappa shape index (κ1) is 16.2. The van der Waals surface area contributed by atoms with Crippen molar-refractivity contribution in [3.05, 3.63) is 71.3 Å². The number of piperidine rings is 1. The second-order valence-corrected chi connectivity index (χ2v) is 6.79. The topological polar surface area (TPSA) is 15.3 Å². The molecule has 0 saturated carbocycles. The van der Waals surface area contributed by atoms with E-state index in [-0.39, 0.29) is 0 Å². The molecule has 0 bridgehead atoms. The van der Waals surface area contributed by atoms with Crippen LogP contribution >= 0.6 is 12.2 Å². The SMILES string of the molecule is Cc1cccc(C(=S)NC2CCN(Cc3ccccc3)CC2)c1. The van der Waals surface area contributed by atoms with Crippen LogP contribution in [-0.4, -0.2) is 29.0 Å². The van der Waals surface area contributed by atoms with Crippen LogP contribution in [0, 0.1) is 6.92 Å². The molecule has 1 saturated heterocycles. The number of benzene rings is 2. The maximum Gasteiger partial charge on any atom is 0.106 e. The van der Waals surface area contributed by atoms with E-state index in [9.17, 15) is 0 Å². The molecule has 0 unspecified atom stereocenters. The summed E-state index contributed by atoms with van der Waals surface area (Å²) in [5.74, 6) is 0. The maximum atomic E-state index is 5.57. The van der Waals surface area contributed by atoms with Crippen LogP contribution in [0.3, 0.4) is 0 Å². The van der Waals surface area contributed by atoms with Gasteiger partial charge in [-0.05, 0) is 31.4 Å². The predicted octanol–water partition coefficient (Wildman–Crippen LogP) is 3.92. The van der Waals surface area contributed by atoms with E-state index >= 15 is 0 Å². The molecule has 1 aliphatic rings. The molecule has 0 amide bonds. The minimum atomic E-state index is 0.495. The Balaban J connectivity index is 1.48. The van der Waals surface area contributed by atoms with Gasteiger partial charge in [-0.15, -0.1) is 0 Å². The maximum absolute atomic E-state index is 5.57. The molecule has 0 aromatic heterocycles. The molecule has 1 N–H and O–H groups in total. The van der Waals surface area contributed by atoms with E-state index in [1.807, 2.05) is 0 Å². The molecule has 2 aromatic rings. The third-order valence-electron chi connectivity index (χ3n) is 4.45. The molecule has 2 nitrogen and oxygen atoms in total.